The smallest absolute Gasteiger partial charge is 0.422 e. The van der Waals surface area contributed by atoms with Gasteiger partial charge in [0.25, 0.3) is 0 Å². The zero-order valence-electron chi connectivity index (χ0n) is 14.6. The van der Waals surface area contributed by atoms with Crippen LogP contribution in [-0.2, 0) is 6.54 Å². The summed E-state index contributed by atoms with van der Waals surface area (Å²) in [4.78, 5) is 10.4. The lowest BCUT2D eigenvalue weighted by atomic mass is 10.2. The number of likely N-dealkylation sites (tertiary alicyclic amines) is 1. The average Bonchev–Trinajstić information content (AvgIpc) is 3.04. The summed E-state index contributed by atoms with van der Waals surface area (Å²) in [6.07, 6.45) is -0.746. The maximum Gasteiger partial charge on any atom is 0.422 e. The Kier molecular flexibility index (Phi) is 9.41. The maximum atomic E-state index is 12.3. The predicted molar refractivity (Wildman–Crippen MR) is 105 cm³/mol. The number of aliphatic imine (C=N–C) groups is 1. The highest BCUT2D eigenvalue weighted by atomic mass is 127. The van der Waals surface area contributed by atoms with Gasteiger partial charge in [-0.15, -0.1) is 24.0 Å². The summed E-state index contributed by atoms with van der Waals surface area (Å²) in [7, 11) is 0. The van der Waals surface area contributed by atoms with E-state index in [9.17, 15) is 13.2 Å². The van der Waals surface area contributed by atoms with Crippen LogP contribution >= 0.6 is 24.0 Å². The fourth-order valence-corrected chi connectivity index (χ4v) is 2.82. The molecular weight excluding hydrogens is 462 g/mol. The van der Waals surface area contributed by atoms with Crippen molar-refractivity contribution >= 4 is 29.9 Å². The lowest BCUT2D eigenvalue weighted by Crippen LogP contribution is -2.42. The number of aromatic nitrogens is 1. The van der Waals surface area contributed by atoms with E-state index in [2.05, 4.69) is 27.1 Å². The molecule has 1 aromatic heterocycles. The fraction of sp³-hybridized carbons (Fsp3) is 0.625. The number of ether oxygens (including phenoxy) is 1. The summed E-state index contributed by atoms with van der Waals surface area (Å²) < 4.78 is 41.6. The quantitative estimate of drug-likeness (QED) is 0.352. The minimum Gasteiger partial charge on any atom is -0.468 e. The third kappa shape index (κ3) is 7.52. The lowest BCUT2D eigenvalue weighted by Gasteiger charge is -2.23. The van der Waals surface area contributed by atoms with E-state index in [1.165, 1.54) is 12.6 Å². The number of hydrogen-bond donors (Lipinski definition) is 2. The van der Waals surface area contributed by atoms with Crippen LogP contribution < -0.4 is 15.8 Å². The highest BCUT2D eigenvalue weighted by Gasteiger charge is 2.29. The molecule has 1 saturated heterocycles. The molecule has 2 rings (SSSR count). The first-order valence-corrected chi connectivity index (χ1v) is 8.30. The summed E-state index contributed by atoms with van der Waals surface area (Å²) in [5, 5.41) is 3.08. The summed E-state index contributed by atoms with van der Waals surface area (Å²) in [6, 6.07) is 3.67. The van der Waals surface area contributed by atoms with Crippen LogP contribution in [0.2, 0.25) is 0 Å². The van der Waals surface area contributed by atoms with E-state index in [4.69, 9.17) is 10.5 Å². The van der Waals surface area contributed by atoms with Crippen molar-refractivity contribution in [3.8, 4) is 5.88 Å². The van der Waals surface area contributed by atoms with Crippen molar-refractivity contribution in [2.24, 2.45) is 10.7 Å². The van der Waals surface area contributed by atoms with Crippen LogP contribution in [0.4, 0.5) is 13.2 Å². The van der Waals surface area contributed by atoms with Crippen LogP contribution in [-0.4, -0.2) is 54.3 Å². The molecule has 148 valence electrons. The Bertz CT molecular complexity index is 585. The highest BCUT2D eigenvalue weighted by molar-refractivity contribution is 14.0. The molecule has 0 bridgehead atoms. The van der Waals surface area contributed by atoms with Gasteiger partial charge in [0, 0.05) is 24.3 Å². The molecule has 1 aliphatic heterocycles. The molecule has 1 fully saturated rings. The molecule has 26 heavy (non-hydrogen) atoms. The molecule has 1 unspecified atom stereocenters. The Balaban J connectivity index is 0.00000338. The number of nitrogens with two attached hydrogens (primary N) is 1. The zero-order chi connectivity index (χ0) is 18.3. The number of halogens is 4. The number of nitrogens with zero attached hydrogens (tertiary/aromatic N) is 3. The van der Waals surface area contributed by atoms with Crippen molar-refractivity contribution in [1.29, 1.82) is 0 Å². The number of rotatable bonds is 7. The number of guanidine groups is 1. The van der Waals surface area contributed by atoms with Crippen LogP contribution in [0.5, 0.6) is 5.88 Å². The zero-order valence-corrected chi connectivity index (χ0v) is 17.0. The van der Waals surface area contributed by atoms with Crippen molar-refractivity contribution in [2.45, 2.75) is 38.5 Å². The van der Waals surface area contributed by atoms with Gasteiger partial charge in [0.1, 0.15) is 0 Å². The molecule has 10 heteroatoms. The lowest BCUT2D eigenvalue weighted by molar-refractivity contribution is -0.154. The Hall–Kier alpha value is -1.30. The van der Waals surface area contributed by atoms with Crippen LogP contribution in [0.15, 0.2) is 23.3 Å². The van der Waals surface area contributed by atoms with Gasteiger partial charge in [-0.1, -0.05) is 13.0 Å². The SMILES string of the molecule is CCN1CCCC1CNC(N)=NCc1cccnc1OCC(F)(F)F.I. The van der Waals surface area contributed by atoms with Gasteiger partial charge in [-0.3, -0.25) is 4.90 Å². The summed E-state index contributed by atoms with van der Waals surface area (Å²) >= 11 is 0. The van der Waals surface area contributed by atoms with Gasteiger partial charge in [0.05, 0.1) is 6.54 Å². The van der Waals surface area contributed by atoms with E-state index < -0.39 is 12.8 Å². The minimum atomic E-state index is -4.41. The van der Waals surface area contributed by atoms with E-state index in [1.54, 1.807) is 12.1 Å². The Morgan fingerprint density at radius 3 is 2.96 bits per heavy atom. The van der Waals surface area contributed by atoms with Crippen molar-refractivity contribution in [1.82, 2.24) is 15.2 Å². The van der Waals surface area contributed by atoms with Crippen LogP contribution in [0.25, 0.3) is 0 Å². The van der Waals surface area contributed by atoms with Crippen LogP contribution in [0.1, 0.15) is 25.3 Å². The van der Waals surface area contributed by atoms with Gasteiger partial charge in [-0.25, -0.2) is 9.98 Å². The topological polar surface area (TPSA) is 75.8 Å². The van der Waals surface area contributed by atoms with E-state index >= 15 is 0 Å². The molecule has 3 N–H and O–H groups in total. The number of likely N-dealkylation sites (N-methyl/N-ethyl adjacent to an activating group) is 1. The summed E-state index contributed by atoms with van der Waals surface area (Å²) in [5.74, 6) is 0.179. The number of nitrogens with one attached hydrogen (secondary N) is 1. The van der Waals surface area contributed by atoms with Gasteiger partial charge >= 0.3 is 6.18 Å². The van der Waals surface area contributed by atoms with Crippen molar-refractivity contribution < 1.29 is 17.9 Å². The largest absolute Gasteiger partial charge is 0.468 e. The monoisotopic (exact) mass is 487 g/mol. The standard InChI is InChI=1S/C16H24F3N5O.HI/c1-2-24-8-4-6-13(24)10-23-15(20)22-9-12-5-3-7-21-14(12)25-11-16(17,18)19;/h3,5,7,13H,2,4,6,8-11H2,1H3,(H3,20,22,23);1H. The molecule has 2 heterocycles. The van der Waals surface area contributed by atoms with Crippen molar-refractivity contribution in [3.05, 3.63) is 23.9 Å². The normalized spacial score (nSPS) is 18.5. The van der Waals surface area contributed by atoms with E-state index in [0.29, 0.717) is 18.2 Å². The predicted octanol–water partition coefficient (Wildman–Crippen LogP) is 2.53. The second kappa shape index (κ2) is 10.8. The molecule has 0 radical (unpaired) electrons. The van der Waals surface area contributed by atoms with E-state index in [1.807, 2.05) is 0 Å². The summed E-state index contributed by atoms with van der Waals surface area (Å²) in [6.45, 7) is 3.63. The molecule has 0 aliphatic carbocycles. The highest BCUT2D eigenvalue weighted by Crippen LogP contribution is 2.20. The van der Waals surface area contributed by atoms with Gasteiger partial charge < -0.3 is 15.8 Å². The molecule has 1 atom stereocenters. The third-order valence-corrected chi connectivity index (χ3v) is 4.07. The minimum absolute atomic E-state index is 0. The first-order chi connectivity index (χ1) is 11.9. The second-order valence-corrected chi connectivity index (χ2v) is 5.88. The molecule has 6 nitrogen and oxygen atoms in total. The molecule has 0 aromatic carbocycles. The number of hydrogen-bond acceptors (Lipinski definition) is 4. The van der Waals surface area contributed by atoms with Gasteiger partial charge in [-0.2, -0.15) is 13.2 Å². The van der Waals surface area contributed by atoms with Gasteiger partial charge in [-0.05, 0) is 32.0 Å². The third-order valence-electron chi connectivity index (χ3n) is 4.07. The first kappa shape index (κ1) is 22.7. The van der Waals surface area contributed by atoms with Crippen molar-refractivity contribution in [3.63, 3.8) is 0 Å². The average molecular weight is 487 g/mol. The Morgan fingerprint density at radius 2 is 2.27 bits per heavy atom. The maximum absolute atomic E-state index is 12.3. The van der Waals surface area contributed by atoms with Crippen LogP contribution in [0.3, 0.4) is 0 Å². The molecule has 0 amide bonds. The molecule has 0 saturated carbocycles. The molecule has 1 aromatic rings. The Labute approximate surface area is 168 Å². The fourth-order valence-electron chi connectivity index (χ4n) is 2.82. The molecule has 1 aliphatic rings. The van der Waals surface area contributed by atoms with Gasteiger partial charge in [0.2, 0.25) is 5.88 Å². The summed E-state index contributed by atoms with van der Waals surface area (Å²) in [5.41, 5.74) is 6.31. The van der Waals surface area contributed by atoms with Crippen molar-refractivity contribution in [2.75, 3.05) is 26.2 Å². The molecule has 0 spiro atoms. The second-order valence-electron chi connectivity index (χ2n) is 5.88. The molecular formula is C16H25F3IN5O. The Morgan fingerprint density at radius 1 is 1.50 bits per heavy atom. The van der Waals surface area contributed by atoms with Gasteiger partial charge in [0.15, 0.2) is 12.6 Å². The van der Waals surface area contributed by atoms with E-state index in [-0.39, 0.29) is 42.4 Å². The van der Waals surface area contributed by atoms with Crippen LogP contribution in [0, 0.1) is 0 Å². The van der Waals surface area contributed by atoms with E-state index in [0.717, 1.165) is 19.5 Å². The first-order valence-electron chi connectivity index (χ1n) is 8.30. The number of pyridine rings is 1. The number of alkyl halides is 3.